The van der Waals surface area contributed by atoms with Gasteiger partial charge in [0.2, 0.25) is 17.7 Å². The average molecular weight is 476 g/mol. The molecule has 35 heavy (non-hydrogen) atoms. The first-order valence-electron chi connectivity index (χ1n) is 12.6. The van der Waals surface area contributed by atoms with Crippen molar-refractivity contribution < 1.29 is 9.26 Å². The normalized spacial score (nSPS) is 14.5. The predicted molar refractivity (Wildman–Crippen MR) is 136 cm³/mol. The third-order valence-electron chi connectivity index (χ3n) is 6.45. The van der Waals surface area contributed by atoms with Crippen LogP contribution in [-0.4, -0.2) is 56.3 Å². The Balaban J connectivity index is 1.43. The van der Waals surface area contributed by atoms with Crippen LogP contribution in [0.15, 0.2) is 41.1 Å². The largest absolute Gasteiger partial charge is 0.497 e. The molecule has 1 aromatic carbocycles. The number of imidazole rings is 1. The minimum absolute atomic E-state index is 0.564. The Labute approximate surface area is 205 Å². The number of aryl methyl sites for hydroxylation is 2. The van der Waals surface area contributed by atoms with Gasteiger partial charge in [0.15, 0.2) is 5.65 Å². The summed E-state index contributed by atoms with van der Waals surface area (Å²) in [5.41, 5.74) is 3.43. The van der Waals surface area contributed by atoms with Crippen LogP contribution in [0.3, 0.4) is 0 Å². The fraction of sp³-hybridized carbons (Fsp3) is 0.462. The summed E-state index contributed by atoms with van der Waals surface area (Å²) in [4.78, 5) is 16.6. The number of benzene rings is 1. The Bertz CT molecular complexity index is 1240. The molecule has 0 spiro atoms. The Morgan fingerprint density at radius 2 is 1.89 bits per heavy atom. The monoisotopic (exact) mass is 475 g/mol. The number of likely N-dealkylation sites (tertiary alicyclic amines) is 1. The molecule has 0 radical (unpaired) electrons. The van der Waals surface area contributed by atoms with Gasteiger partial charge in [-0.1, -0.05) is 18.5 Å². The number of fused-ring (bicyclic) bond motifs is 1. The van der Waals surface area contributed by atoms with Gasteiger partial charge in [0.25, 0.3) is 0 Å². The van der Waals surface area contributed by atoms with Gasteiger partial charge < -0.3 is 24.0 Å². The van der Waals surface area contributed by atoms with E-state index in [4.69, 9.17) is 14.2 Å². The summed E-state index contributed by atoms with van der Waals surface area (Å²) in [6.07, 6.45) is 8.49. The fourth-order valence-corrected chi connectivity index (χ4v) is 4.58. The van der Waals surface area contributed by atoms with Gasteiger partial charge in [-0.05, 0) is 75.6 Å². The number of nitrogens with one attached hydrogen (secondary N) is 1. The van der Waals surface area contributed by atoms with Gasteiger partial charge >= 0.3 is 0 Å². The number of pyridine rings is 1. The molecule has 0 bridgehead atoms. The van der Waals surface area contributed by atoms with E-state index in [9.17, 15) is 0 Å². The van der Waals surface area contributed by atoms with Crippen LogP contribution in [-0.2, 0) is 13.0 Å². The molecular formula is C26H33N7O2. The van der Waals surface area contributed by atoms with Crippen molar-refractivity contribution in [3.8, 4) is 17.1 Å². The van der Waals surface area contributed by atoms with Crippen LogP contribution in [0.1, 0.15) is 44.9 Å². The third-order valence-corrected chi connectivity index (χ3v) is 6.45. The molecule has 9 nitrogen and oxygen atoms in total. The molecule has 0 saturated carbocycles. The Morgan fingerprint density at radius 1 is 1.06 bits per heavy atom. The number of aromatic nitrogens is 5. The second-order valence-electron chi connectivity index (χ2n) is 9.02. The van der Waals surface area contributed by atoms with E-state index >= 15 is 0 Å². The molecule has 5 rings (SSSR count). The summed E-state index contributed by atoms with van der Waals surface area (Å²) < 4.78 is 12.9. The maximum absolute atomic E-state index is 5.40. The summed E-state index contributed by atoms with van der Waals surface area (Å²) in [7, 11) is 1.67. The van der Waals surface area contributed by atoms with Gasteiger partial charge in [0.1, 0.15) is 5.75 Å². The van der Waals surface area contributed by atoms with E-state index in [2.05, 4.69) is 42.9 Å². The van der Waals surface area contributed by atoms with E-state index in [1.165, 1.54) is 32.4 Å². The molecule has 3 aromatic heterocycles. The van der Waals surface area contributed by atoms with Crippen LogP contribution >= 0.6 is 0 Å². The highest BCUT2D eigenvalue weighted by Crippen LogP contribution is 2.27. The number of piperidine rings is 1. The highest BCUT2D eigenvalue weighted by molar-refractivity contribution is 5.80. The Morgan fingerprint density at radius 3 is 2.66 bits per heavy atom. The zero-order valence-corrected chi connectivity index (χ0v) is 20.5. The quantitative estimate of drug-likeness (QED) is 0.340. The highest BCUT2D eigenvalue weighted by atomic mass is 16.5. The zero-order valence-electron chi connectivity index (χ0n) is 20.5. The minimum atomic E-state index is 0.564. The Hall–Kier alpha value is -3.46. The van der Waals surface area contributed by atoms with Crippen LogP contribution in [0.2, 0.25) is 0 Å². The second-order valence-corrected chi connectivity index (χ2v) is 9.02. The van der Waals surface area contributed by atoms with Crippen molar-refractivity contribution in [1.82, 2.24) is 29.6 Å². The molecule has 0 aliphatic carbocycles. The van der Waals surface area contributed by atoms with Gasteiger partial charge in [0.05, 0.1) is 12.6 Å². The molecule has 1 fully saturated rings. The van der Waals surface area contributed by atoms with Crippen molar-refractivity contribution in [3.05, 3.63) is 42.4 Å². The van der Waals surface area contributed by atoms with Crippen LogP contribution in [0.4, 0.5) is 11.6 Å². The van der Waals surface area contributed by atoms with Gasteiger partial charge in [-0.2, -0.15) is 9.97 Å². The van der Waals surface area contributed by atoms with E-state index in [1.54, 1.807) is 13.3 Å². The van der Waals surface area contributed by atoms with Gasteiger partial charge in [-0.15, -0.1) is 0 Å². The maximum Gasteiger partial charge on any atom is 0.226 e. The molecule has 4 aromatic rings. The van der Waals surface area contributed by atoms with Crippen molar-refractivity contribution in [2.75, 3.05) is 32.1 Å². The maximum atomic E-state index is 5.40. The van der Waals surface area contributed by atoms with Gasteiger partial charge in [-0.25, -0.2) is 4.98 Å². The van der Waals surface area contributed by atoms with Crippen molar-refractivity contribution in [1.29, 1.82) is 0 Å². The van der Waals surface area contributed by atoms with E-state index in [1.807, 2.05) is 24.3 Å². The molecule has 184 valence electrons. The standard InChI is InChI=1S/C26H33N7O2/c1-3-8-23-29-24(31-35-23)19-17-22-25(27-18-19)30-26(28-20-9-11-21(34-2)12-10-20)33(22)16-7-15-32-13-5-4-6-14-32/h9-12,17-18H,3-8,13-16H2,1-2H3,(H,27,28,30). The SMILES string of the molecule is CCCc1nc(-c2cnc3nc(Nc4ccc(OC)cc4)n(CCCN4CCCCC4)c3c2)no1. The third kappa shape index (κ3) is 5.45. The number of methoxy groups -OCH3 is 1. The first-order valence-corrected chi connectivity index (χ1v) is 12.6. The first kappa shape index (κ1) is 23.3. The van der Waals surface area contributed by atoms with Crippen molar-refractivity contribution in [3.63, 3.8) is 0 Å². The summed E-state index contributed by atoms with van der Waals surface area (Å²) >= 11 is 0. The molecule has 0 unspecified atom stereocenters. The van der Waals surface area contributed by atoms with Gasteiger partial charge in [0, 0.05) is 30.4 Å². The first-order chi connectivity index (χ1) is 17.2. The molecular weight excluding hydrogens is 442 g/mol. The van der Waals surface area contributed by atoms with E-state index in [0.717, 1.165) is 60.8 Å². The zero-order chi connectivity index (χ0) is 24.0. The molecule has 0 amide bonds. The van der Waals surface area contributed by atoms with Crippen LogP contribution < -0.4 is 10.1 Å². The van der Waals surface area contributed by atoms with Crippen molar-refractivity contribution in [2.45, 2.75) is 52.0 Å². The summed E-state index contributed by atoms with van der Waals surface area (Å²) in [5, 5.41) is 7.64. The average Bonchev–Trinajstić information content (AvgIpc) is 3.50. The fourth-order valence-electron chi connectivity index (χ4n) is 4.58. The van der Waals surface area contributed by atoms with Crippen LogP contribution in [0.25, 0.3) is 22.6 Å². The Kier molecular flexibility index (Phi) is 7.23. The topological polar surface area (TPSA) is 94.1 Å². The van der Waals surface area contributed by atoms with Crippen LogP contribution in [0, 0.1) is 0 Å². The van der Waals surface area contributed by atoms with Crippen LogP contribution in [0.5, 0.6) is 5.75 Å². The smallest absolute Gasteiger partial charge is 0.226 e. The lowest BCUT2D eigenvalue weighted by atomic mass is 10.1. The number of ether oxygens (including phenoxy) is 1. The molecule has 1 aliphatic heterocycles. The number of hydrogen-bond acceptors (Lipinski definition) is 8. The molecule has 0 atom stereocenters. The lowest BCUT2D eigenvalue weighted by molar-refractivity contribution is 0.223. The second kappa shape index (κ2) is 10.9. The van der Waals surface area contributed by atoms with Crippen molar-refractivity contribution >= 4 is 22.8 Å². The molecule has 4 heterocycles. The number of rotatable bonds is 10. The predicted octanol–water partition coefficient (Wildman–Crippen LogP) is 5.06. The number of hydrogen-bond donors (Lipinski definition) is 1. The summed E-state index contributed by atoms with van der Waals surface area (Å²) in [6, 6.07) is 9.92. The summed E-state index contributed by atoms with van der Waals surface area (Å²) in [6.45, 7) is 6.41. The van der Waals surface area contributed by atoms with E-state index < -0.39 is 0 Å². The highest BCUT2D eigenvalue weighted by Gasteiger charge is 2.17. The van der Waals surface area contributed by atoms with Gasteiger partial charge in [-0.3, -0.25) is 0 Å². The molecule has 1 saturated heterocycles. The number of nitrogens with zero attached hydrogens (tertiary/aromatic N) is 6. The van der Waals surface area contributed by atoms with E-state index in [0.29, 0.717) is 17.4 Å². The minimum Gasteiger partial charge on any atom is -0.497 e. The lowest BCUT2D eigenvalue weighted by Crippen LogP contribution is -2.31. The molecule has 1 aliphatic rings. The molecule has 9 heteroatoms. The number of anilines is 2. The van der Waals surface area contributed by atoms with Crippen molar-refractivity contribution in [2.24, 2.45) is 0 Å². The molecule has 1 N–H and O–H groups in total. The van der Waals surface area contributed by atoms with E-state index in [-0.39, 0.29) is 0 Å². The summed E-state index contributed by atoms with van der Waals surface area (Å²) in [5.74, 6) is 2.81. The lowest BCUT2D eigenvalue weighted by Gasteiger charge is -2.26.